The Hall–Kier alpha value is -2.20. The molecule has 0 bridgehead atoms. The molecular formula is C16H19N3O. The third-order valence-corrected chi connectivity index (χ3v) is 3.09. The van der Waals surface area contributed by atoms with Gasteiger partial charge < -0.3 is 11.1 Å². The summed E-state index contributed by atoms with van der Waals surface area (Å²) in [5.41, 5.74) is 9.57. The SMILES string of the molecule is Cc1ccc(CNC(=O)Cc2ccc(CN)cc2)cn1. The van der Waals surface area contributed by atoms with Crippen molar-refractivity contribution < 1.29 is 4.79 Å². The predicted octanol–water partition coefficient (Wildman–Crippen LogP) is 1.71. The van der Waals surface area contributed by atoms with Gasteiger partial charge in [-0.1, -0.05) is 30.3 Å². The highest BCUT2D eigenvalue weighted by Gasteiger charge is 2.03. The Labute approximate surface area is 119 Å². The van der Waals surface area contributed by atoms with Crippen molar-refractivity contribution in [2.45, 2.75) is 26.4 Å². The van der Waals surface area contributed by atoms with E-state index in [0.717, 1.165) is 22.4 Å². The molecular weight excluding hydrogens is 250 g/mol. The van der Waals surface area contributed by atoms with E-state index < -0.39 is 0 Å². The number of carbonyl (C=O) groups excluding carboxylic acids is 1. The molecule has 1 amide bonds. The Morgan fingerprint density at radius 2 is 1.75 bits per heavy atom. The first-order valence-corrected chi connectivity index (χ1v) is 6.63. The van der Waals surface area contributed by atoms with Gasteiger partial charge in [-0.15, -0.1) is 0 Å². The first-order valence-electron chi connectivity index (χ1n) is 6.63. The number of aryl methyl sites for hydroxylation is 1. The van der Waals surface area contributed by atoms with Gasteiger partial charge in [-0.2, -0.15) is 0 Å². The summed E-state index contributed by atoms with van der Waals surface area (Å²) in [6.45, 7) is 2.97. The van der Waals surface area contributed by atoms with Crippen molar-refractivity contribution in [3.63, 3.8) is 0 Å². The normalized spacial score (nSPS) is 10.3. The molecule has 1 heterocycles. The van der Waals surface area contributed by atoms with Crippen LogP contribution >= 0.6 is 0 Å². The van der Waals surface area contributed by atoms with Gasteiger partial charge >= 0.3 is 0 Å². The Morgan fingerprint density at radius 1 is 1.10 bits per heavy atom. The lowest BCUT2D eigenvalue weighted by atomic mass is 10.1. The van der Waals surface area contributed by atoms with Gasteiger partial charge in [0.2, 0.25) is 5.91 Å². The number of amides is 1. The molecule has 0 atom stereocenters. The van der Waals surface area contributed by atoms with Crippen LogP contribution in [0.4, 0.5) is 0 Å². The van der Waals surface area contributed by atoms with E-state index in [4.69, 9.17) is 5.73 Å². The maximum atomic E-state index is 11.9. The smallest absolute Gasteiger partial charge is 0.224 e. The number of hydrogen-bond acceptors (Lipinski definition) is 3. The number of nitrogens with one attached hydrogen (secondary N) is 1. The van der Waals surface area contributed by atoms with E-state index >= 15 is 0 Å². The lowest BCUT2D eigenvalue weighted by Crippen LogP contribution is -2.24. The number of pyridine rings is 1. The summed E-state index contributed by atoms with van der Waals surface area (Å²) < 4.78 is 0. The lowest BCUT2D eigenvalue weighted by Gasteiger charge is -2.06. The Morgan fingerprint density at radius 3 is 2.35 bits per heavy atom. The quantitative estimate of drug-likeness (QED) is 0.868. The zero-order chi connectivity index (χ0) is 14.4. The van der Waals surface area contributed by atoms with Gasteiger partial charge in [-0.05, 0) is 29.7 Å². The Kier molecular flexibility index (Phi) is 4.85. The Balaban J connectivity index is 1.84. The van der Waals surface area contributed by atoms with Gasteiger partial charge in [0.05, 0.1) is 6.42 Å². The topological polar surface area (TPSA) is 68.0 Å². The maximum absolute atomic E-state index is 11.9. The summed E-state index contributed by atoms with van der Waals surface area (Å²) in [5.74, 6) is 0.00562. The zero-order valence-electron chi connectivity index (χ0n) is 11.6. The van der Waals surface area contributed by atoms with E-state index in [1.54, 1.807) is 6.20 Å². The molecule has 0 aliphatic carbocycles. The molecule has 0 spiro atoms. The van der Waals surface area contributed by atoms with Gasteiger partial charge in [-0.25, -0.2) is 0 Å². The van der Waals surface area contributed by atoms with E-state index in [-0.39, 0.29) is 5.91 Å². The van der Waals surface area contributed by atoms with Gasteiger partial charge in [0, 0.05) is 25.0 Å². The number of nitrogens with zero attached hydrogens (tertiary/aromatic N) is 1. The van der Waals surface area contributed by atoms with Gasteiger partial charge in [0.1, 0.15) is 0 Å². The second-order valence-corrected chi connectivity index (χ2v) is 4.78. The third kappa shape index (κ3) is 4.17. The van der Waals surface area contributed by atoms with Crippen molar-refractivity contribution in [2.24, 2.45) is 5.73 Å². The van der Waals surface area contributed by atoms with E-state index in [0.29, 0.717) is 19.5 Å². The molecule has 0 aliphatic heterocycles. The van der Waals surface area contributed by atoms with Crippen molar-refractivity contribution >= 4 is 5.91 Å². The molecule has 0 unspecified atom stereocenters. The number of hydrogen-bond donors (Lipinski definition) is 2. The molecule has 0 saturated carbocycles. The van der Waals surface area contributed by atoms with E-state index in [2.05, 4.69) is 10.3 Å². The van der Waals surface area contributed by atoms with Crippen LogP contribution in [-0.4, -0.2) is 10.9 Å². The second-order valence-electron chi connectivity index (χ2n) is 4.78. The number of nitrogens with two attached hydrogens (primary N) is 1. The van der Waals surface area contributed by atoms with E-state index in [9.17, 15) is 4.79 Å². The summed E-state index contributed by atoms with van der Waals surface area (Å²) in [6, 6.07) is 11.7. The van der Waals surface area contributed by atoms with Crippen LogP contribution in [0, 0.1) is 6.92 Å². The van der Waals surface area contributed by atoms with Crippen LogP contribution in [0.3, 0.4) is 0 Å². The van der Waals surface area contributed by atoms with Crippen LogP contribution < -0.4 is 11.1 Å². The summed E-state index contributed by atoms with van der Waals surface area (Å²) in [5, 5.41) is 2.89. The average Bonchev–Trinajstić information content (AvgIpc) is 2.47. The fourth-order valence-electron chi connectivity index (χ4n) is 1.84. The summed E-state index contributed by atoms with van der Waals surface area (Å²) in [6.07, 6.45) is 2.16. The number of benzene rings is 1. The minimum Gasteiger partial charge on any atom is -0.352 e. The molecule has 1 aromatic heterocycles. The van der Waals surface area contributed by atoms with Crippen LogP contribution in [0.25, 0.3) is 0 Å². The first-order chi connectivity index (χ1) is 9.67. The van der Waals surface area contributed by atoms with Crippen molar-refractivity contribution in [1.82, 2.24) is 10.3 Å². The van der Waals surface area contributed by atoms with Crippen molar-refractivity contribution in [3.05, 3.63) is 65.0 Å². The van der Waals surface area contributed by atoms with Gasteiger partial charge in [-0.3, -0.25) is 9.78 Å². The average molecular weight is 269 g/mol. The second kappa shape index (κ2) is 6.82. The molecule has 4 heteroatoms. The minimum absolute atomic E-state index is 0.00562. The lowest BCUT2D eigenvalue weighted by molar-refractivity contribution is -0.120. The molecule has 0 saturated heterocycles. The minimum atomic E-state index is 0.00562. The first kappa shape index (κ1) is 14.2. The monoisotopic (exact) mass is 269 g/mol. The third-order valence-electron chi connectivity index (χ3n) is 3.09. The molecule has 1 aromatic carbocycles. The maximum Gasteiger partial charge on any atom is 0.224 e. The Bertz CT molecular complexity index is 561. The number of aromatic nitrogens is 1. The highest BCUT2D eigenvalue weighted by Crippen LogP contribution is 2.05. The molecule has 3 N–H and O–H groups in total. The molecule has 0 radical (unpaired) electrons. The molecule has 104 valence electrons. The van der Waals surface area contributed by atoms with Crippen LogP contribution in [0.1, 0.15) is 22.4 Å². The van der Waals surface area contributed by atoms with Crippen molar-refractivity contribution in [1.29, 1.82) is 0 Å². The number of rotatable bonds is 5. The zero-order valence-corrected chi connectivity index (χ0v) is 11.6. The number of carbonyl (C=O) groups is 1. The molecule has 0 aliphatic rings. The standard InChI is InChI=1S/C16H19N3O/c1-12-2-3-15(10-18-12)11-19-16(20)8-13-4-6-14(9-17)7-5-13/h2-7,10H,8-9,11,17H2,1H3,(H,19,20). The molecule has 2 aromatic rings. The highest BCUT2D eigenvalue weighted by molar-refractivity contribution is 5.78. The van der Waals surface area contributed by atoms with Crippen molar-refractivity contribution in [3.8, 4) is 0 Å². The molecule has 0 fully saturated rings. The van der Waals surface area contributed by atoms with Crippen LogP contribution in [0.5, 0.6) is 0 Å². The van der Waals surface area contributed by atoms with E-state index in [1.165, 1.54) is 0 Å². The van der Waals surface area contributed by atoms with Crippen LogP contribution in [0.15, 0.2) is 42.6 Å². The summed E-state index contributed by atoms with van der Waals surface area (Å²) in [4.78, 5) is 16.0. The van der Waals surface area contributed by atoms with Crippen LogP contribution in [0.2, 0.25) is 0 Å². The van der Waals surface area contributed by atoms with Gasteiger partial charge in [0.15, 0.2) is 0 Å². The summed E-state index contributed by atoms with van der Waals surface area (Å²) >= 11 is 0. The fourth-order valence-corrected chi connectivity index (χ4v) is 1.84. The van der Waals surface area contributed by atoms with Gasteiger partial charge in [0.25, 0.3) is 0 Å². The molecule has 4 nitrogen and oxygen atoms in total. The van der Waals surface area contributed by atoms with E-state index in [1.807, 2.05) is 43.3 Å². The molecule has 2 rings (SSSR count). The predicted molar refractivity (Wildman–Crippen MR) is 78.9 cm³/mol. The molecule has 20 heavy (non-hydrogen) atoms. The fraction of sp³-hybridized carbons (Fsp3) is 0.250. The largest absolute Gasteiger partial charge is 0.352 e. The summed E-state index contributed by atoms with van der Waals surface area (Å²) in [7, 11) is 0. The highest BCUT2D eigenvalue weighted by atomic mass is 16.1. The van der Waals surface area contributed by atoms with Crippen molar-refractivity contribution in [2.75, 3.05) is 0 Å². The van der Waals surface area contributed by atoms with Crippen LogP contribution in [-0.2, 0) is 24.3 Å².